The molecule has 2 aliphatic heterocycles. The van der Waals surface area contributed by atoms with Crippen LogP contribution in [0.25, 0.3) is 0 Å². The lowest BCUT2D eigenvalue weighted by molar-refractivity contribution is 0.0792. The largest absolute Gasteiger partial charge is 0.393 e. The van der Waals surface area contributed by atoms with Gasteiger partial charge < -0.3 is 10.0 Å². The Morgan fingerprint density at radius 1 is 1.17 bits per heavy atom. The van der Waals surface area contributed by atoms with Crippen LogP contribution in [0.4, 0.5) is 0 Å². The summed E-state index contributed by atoms with van der Waals surface area (Å²) in [6.45, 7) is 5.68. The Morgan fingerprint density at radius 2 is 1.87 bits per heavy atom. The zero-order valence-corrected chi connectivity index (χ0v) is 14.1. The Hall–Kier alpha value is -1.39. The summed E-state index contributed by atoms with van der Waals surface area (Å²) in [5, 5.41) is 9.63. The maximum atomic E-state index is 12.4. The van der Waals surface area contributed by atoms with E-state index in [4.69, 9.17) is 0 Å². The zero-order valence-electron chi connectivity index (χ0n) is 14.1. The van der Waals surface area contributed by atoms with Crippen molar-refractivity contribution >= 4 is 5.91 Å². The van der Waals surface area contributed by atoms with Gasteiger partial charge in [0.05, 0.1) is 6.10 Å². The zero-order chi connectivity index (χ0) is 16.2. The van der Waals surface area contributed by atoms with Crippen molar-refractivity contribution in [2.24, 2.45) is 0 Å². The van der Waals surface area contributed by atoms with E-state index in [2.05, 4.69) is 17.0 Å². The summed E-state index contributed by atoms with van der Waals surface area (Å²) in [4.78, 5) is 16.8. The second kappa shape index (κ2) is 7.45. The Bertz CT molecular complexity index is 521. The maximum absolute atomic E-state index is 12.4. The van der Waals surface area contributed by atoms with Gasteiger partial charge >= 0.3 is 0 Å². The molecule has 0 radical (unpaired) electrons. The van der Waals surface area contributed by atoms with E-state index in [-0.39, 0.29) is 12.0 Å². The van der Waals surface area contributed by atoms with Gasteiger partial charge in [0, 0.05) is 31.2 Å². The molecule has 23 heavy (non-hydrogen) atoms. The average Bonchev–Trinajstić information content (AvgIpc) is 3.19. The van der Waals surface area contributed by atoms with E-state index in [0.29, 0.717) is 6.04 Å². The molecule has 0 bridgehead atoms. The predicted molar refractivity (Wildman–Crippen MR) is 91.3 cm³/mol. The molecule has 0 spiro atoms. The summed E-state index contributed by atoms with van der Waals surface area (Å²) in [6.07, 6.45) is 5.26. The van der Waals surface area contributed by atoms with Crippen LogP contribution < -0.4 is 0 Å². The van der Waals surface area contributed by atoms with Crippen molar-refractivity contribution in [1.82, 2.24) is 9.80 Å². The number of aliphatic hydroxyl groups excluding tert-OH is 1. The van der Waals surface area contributed by atoms with Crippen molar-refractivity contribution in [3.63, 3.8) is 0 Å². The van der Waals surface area contributed by atoms with E-state index in [1.807, 2.05) is 24.0 Å². The lowest BCUT2D eigenvalue weighted by Crippen LogP contribution is -2.31. The number of likely N-dealkylation sites (tertiary alicyclic amines) is 2. The molecular weight excluding hydrogens is 288 g/mol. The number of hydrogen-bond donors (Lipinski definition) is 1. The highest BCUT2D eigenvalue weighted by molar-refractivity contribution is 5.94. The second-order valence-corrected chi connectivity index (χ2v) is 7.05. The number of nitrogens with zero attached hydrogens (tertiary/aromatic N) is 2. The van der Waals surface area contributed by atoms with Gasteiger partial charge in [-0.05, 0) is 63.3 Å². The highest BCUT2D eigenvalue weighted by atomic mass is 16.3. The van der Waals surface area contributed by atoms with Crippen LogP contribution >= 0.6 is 0 Å². The highest BCUT2D eigenvalue weighted by Crippen LogP contribution is 2.24. The SMILES string of the molecule is CC(O)CC1CCCN1Cc1ccc(C(=O)N2CCCC2)cc1. The van der Waals surface area contributed by atoms with Crippen LogP contribution in [0.3, 0.4) is 0 Å². The van der Waals surface area contributed by atoms with Crippen molar-refractivity contribution < 1.29 is 9.90 Å². The van der Waals surface area contributed by atoms with Gasteiger partial charge in [0.25, 0.3) is 5.91 Å². The fourth-order valence-corrected chi connectivity index (χ4v) is 3.85. The summed E-state index contributed by atoms with van der Waals surface area (Å²) >= 11 is 0. The van der Waals surface area contributed by atoms with Crippen LogP contribution in [0.5, 0.6) is 0 Å². The van der Waals surface area contributed by atoms with E-state index < -0.39 is 0 Å². The summed E-state index contributed by atoms with van der Waals surface area (Å²) < 4.78 is 0. The van der Waals surface area contributed by atoms with Crippen molar-refractivity contribution in [2.75, 3.05) is 19.6 Å². The van der Waals surface area contributed by atoms with Crippen molar-refractivity contribution in [3.8, 4) is 0 Å². The van der Waals surface area contributed by atoms with Crippen LogP contribution in [0, 0.1) is 0 Å². The van der Waals surface area contributed by atoms with Crippen LogP contribution in [0.15, 0.2) is 24.3 Å². The smallest absolute Gasteiger partial charge is 0.253 e. The first-order valence-electron chi connectivity index (χ1n) is 8.94. The molecule has 0 aromatic heterocycles. The van der Waals surface area contributed by atoms with Crippen LogP contribution in [0.2, 0.25) is 0 Å². The van der Waals surface area contributed by atoms with Gasteiger partial charge in [0.1, 0.15) is 0 Å². The molecule has 4 nitrogen and oxygen atoms in total. The van der Waals surface area contributed by atoms with E-state index in [9.17, 15) is 9.90 Å². The van der Waals surface area contributed by atoms with E-state index in [1.165, 1.54) is 18.4 Å². The van der Waals surface area contributed by atoms with E-state index >= 15 is 0 Å². The lowest BCUT2D eigenvalue weighted by atomic mass is 10.1. The summed E-state index contributed by atoms with van der Waals surface area (Å²) in [5.74, 6) is 0.169. The molecule has 2 unspecified atom stereocenters. The first-order chi connectivity index (χ1) is 11.1. The molecule has 2 heterocycles. The van der Waals surface area contributed by atoms with Crippen molar-refractivity contribution in [3.05, 3.63) is 35.4 Å². The molecule has 2 atom stereocenters. The van der Waals surface area contributed by atoms with Gasteiger partial charge in [0.15, 0.2) is 0 Å². The fraction of sp³-hybridized carbons (Fsp3) is 0.632. The number of carbonyl (C=O) groups is 1. The topological polar surface area (TPSA) is 43.8 Å². The van der Waals surface area contributed by atoms with Gasteiger partial charge in [-0.3, -0.25) is 9.69 Å². The molecule has 1 N–H and O–H groups in total. The van der Waals surface area contributed by atoms with Crippen molar-refractivity contribution in [1.29, 1.82) is 0 Å². The average molecular weight is 316 g/mol. The third-order valence-corrected chi connectivity index (χ3v) is 5.09. The second-order valence-electron chi connectivity index (χ2n) is 7.05. The molecule has 3 rings (SSSR count). The van der Waals surface area contributed by atoms with Gasteiger partial charge in [-0.1, -0.05) is 12.1 Å². The molecule has 0 saturated carbocycles. The quantitative estimate of drug-likeness (QED) is 0.908. The molecule has 0 aliphatic carbocycles. The monoisotopic (exact) mass is 316 g/mol. The number of carbonyl (C=O) groups excluding carboxylic acids is 1. The van der Waals surface area contributed by atoms with Gasteiger partial charge in [0.2, 0.25) is 0 Å². The first-order valence-corrected chi connectivity index (χ1v) is 8.94. The van der Waals surface area contributed by atoms with Crippen LogP contribution in [-0.2, 0) is 6.54 Å². The molecule has 1 aromatic carbocycles. The fourth-order valence-electron chi connectivity index (χ4n) is 3.85. The standard InChI is InChI=1S/C19H28N2O2/c1-15(22)13-18-5-4-12-21(18)14-16-6-8-17(9-7-16)19(23)20-10-2-3-11-20/h6-9,15,18,22H,2-5,10-14H2,1H3. The number of amides is 1. The third kappa shape index (κ3) is 4.12. The number of hydrogen-bond acceptors (Lipinski definition) is 3. The van der Waals surface area contributed by atoms with Gasteiger partial charge in [-0.25, -0.2) is 0 Å². The molecule has 4 heteroatoms. The Kier molecular flexibility index (Phi) is 5.34. The minimum absolute atomic E-state index is 0.169. The highest BCUT2D eigenvalue weighted by Gasteiger charge is 2.25. The molecule has 2 aliphatic rings. The minimum atomic E-state index is -0.235. The molecular formula is C19H28N2O2. The van der Waals surface area contributed by atoms with Gasteiger partial charge in [-0.2, -0.15) is 0 Å². The summed E-state index contributed by atoms with van der Waals surface area (Å²) in [6, 6.07) is 8.59. The van der Waals surface area contributed by atoms with Crippen LogP contribution in [-0.4, -0.2) is 52.6 Å². The van der Waals surface area contributed by atoms with Crippen LogP contribution in [0.1, 0.15) is 54.9 Å². The number of rotatable bonds is 5. The van der Waals surface area contributed by atoms with E-state index in [1.54, 1.807) is 0 Å². The molecule has 126 valence electrons. The number of aliphatic hydroxyl groups is 1. The summed E-state index contributed by atoms with van der Waals surface area (Å²) in [7, 11) is 0. The molecule has 2 fully saturated rings. The van der Waals surface area contributed by atoms with Crippen molar-refractivity contribution in [2.45, 2.75) is 57.7 Å². The van der Waals surface area contributed by atoms with E-state index in [0.717, 1.165) is 51.0 Å². The Labute approximate surface area is 139 Å². The summed E-state index contributed by atoms with van der Waals surface area (Å²) in [5.41, 5.74) is 2.05. The molecule has 1 amide bonds. The van der Waals surface area contributed by atoms with Gasteiger partial charge in [-0.15, -0.1) is 0 Å². The first kappa shape index (κ1) is 16.5. The Morgan fingerprint density at radius 3 is 2.52 bits per heavy atom. The lowest BCUT2D eigenvalue weighted by Gasteiger charge is -2.25. The minimum Gasteiger partial charge on any atom is -0.393 e. The predicted octanol–water partition coefficient (Wildman–Crippen LogP) is 2.66. The normalized spacial score (nSPS) is 23.4. The maximum Gasteiger partial charge on any atom is 0.253 e. The molecule has 1 aromatic rings. The Balaban J connectivity index is 1.59. The third-order valence-electron chi connectivity index (χ3n) is 5.09. The number of benzene rings is 1. The molecule has 2 saturated heterocycles.